The normalized spacial score (nSPS) is 31.3. The van der Waals surface area contributed by atoms with Crippen molar-refractivity contribution < 1.29 is 24.3 Å². The van der Waals surface area contributed by atoms with Crippen molar-refractivity contribution in [2.45, 2.75) is 42.1 Å². The molecule has 10 heteroatoms. The molecule has 0 radical (unpaired) electrons. The van der Waals surface area contributed by atoms with Gasteiger partial charge in [-0.1, -0.05) is 29.8 Å². The van der Waals surface area contributed by atoms with Crippen molar-refractivity contribution in [1.82, 2.24) is 15.1 Å². The molecule has 3 amide bonds. The Morgan fingerprint density at radius 3 is 2.57 bits per heavy atom. The zero-order chi connectivity index (χ0) is 20.4. The number of thioether (sulfide) groups is 1. The number of carboxylic acid groups (broad SMARTS) is 1. The molecule has 0 spiro atoms. The van der Waals surface area contributed by atoms with Gasteiger partial charge in [-0.25, -0.2) is 4.79 Å². The number of piperazine rings is 1. The maximum absolute atomic E-state index is 13.1. The number of rotatable bonds is 3. The standard InChI is InChI=1S/C18H18ClN3O5S/c1-18(2)13(17(26)27)22-15(25)12(16(22)28-18)21-7-10(23)20-11(14(21)24)8-5-3-4-6-9(8)19/h3-6,11-13,16H,7H2,1-2H3,(H,20,23)(H,26,27)/t11?,12-,13+,16-/m1/s1. The van der Waals surface area contributed by atoms with Crippen LogP contribution in [0.5, 0.6) is 0 Å². The fourth-order valence-electron chi connectivity index (χ4n) is 4.10. The summed E-state index contributed by atoms with van der Waals surface area (Å²) in [6.45, 7) is 3.27. The molecule has 1 unspecified atom stereocenters. The van der Waals surface area contributed by atoms with E-state index in [2.05, 4.69) is 5.32 Å². The molecule has 0 aliphatic carbocycles. The molecular weight excluding hydrogens is 406 g/mol. The van der Waals surface area contributed by atoms with Crippen LogP contribution in [0.1, 0.15) is 25.5 Å². The van der Waals surface area contributed by atoms with E-state index in [-0.39, 0.29) is 6.54 Å². The number of hydrogen-bond donors (Lipinski definition) is 2. The minimum atomic E-state index is -1.08. The first-order valence-corrected chi connectivity index (χ1v) is 9.96. The summed E-state index contributed by atoms with van der Waals surface area (Å²) >= 11 is 7.52. The van der Waals surface area contributed by atoms with Crippen molar-refractivity contribution >= 4 is 47.1 Å². The fraction of sp³-hybridized carbons (Fsp3) is 0.444. The Hall–Kier alpha value is -2.26. The minimum absolute atomic E-state index is 0.251. The molecule has 3 aliphatic heterocycles. The van der Waals surface area contributed by atoms with Gasteiger partial charge in [-0.05, 0) is 19.9 Å². The van der Waals surface area contributed by atoms with E-state index < -0.39 is 51.9 Å². The number of fused-ring (bicyclic) bond motifs is 1. The lowest BCUT2D eigenvalue weighted by atomic mass is 9.93. The first kappa shape index (κ1) is 19.1. The third kappa shape index (κ3) is 2.68. The van der Waals surface area contributed by atoms with Gasteiger partial charge in [-0.15, -0.1) is 11.8 Å². The fourth-order valence-corrected chi connectivity index (χ4v) is 6.04. The number of amides is 3. The molecule has 3 fully saturated rings. The number of carbonyl (C=O) groups is 4. The molecule has 0 bridgehead atoms. The van der Waals surface area contributed by atoms with E-state index in [9.17, 15) is 24.3 Å². The van der Waals surface area contributed by atoms with Gasteiger partial charge in [0.25, 0.3) is 5.91 Å². The second-order valence-electron chi connectivity index (χ2n) is 7.53. The van der Waals surface area contributed by atoms with E-state index in [1.54, 1.807) is 38.1 Å². The van der Waals surface area contributed by atoms with Crippen LogP contribution in [0.4, 0.5) is 0 Å². The highest BCUT2D eigenvalue weighted by molar-refractivity contribution is 8.01. The zero-order valence-corrected chi connectivity index (χ0v) is 16.7. The second kappa shape index (κ2) is 6.38. The lowest BCUT2D eigenvalue weighted by Gasteiger charge is -2.49. The van der Waals surface area contributed by atoms with Gasteiger partial charge in [0, 0.05) is 15.3 Å². The molecule has 1 aromatic rings. The Bertz CT molecular complexity index is 907. The summed E-state index contributed by atoms with van der Waals surface area (Å²) in [6, 6.07) is 3.89. The largest absolute Gasteiger partial charge is 0.480 e. The molecular formula is C18H18ClN3O5S. The van der Waals surface area contributed by atoms with Crippen LogP contribution in [0.15, 0.2) is 24.3 Å². The van der Waals surface area contributed by atoms with Crippen LogP contribution < -0.4 is 5.32 Å². The monoisotopic (exact) mass is 423 g/mol. The second-order valence-corrected chi connectivity index (χ2v) is 9.71. The van der Waals surface area contributed by atoms with Crippen LogP contribution in [-0.2, 0) is 19.2 Å². The Labute approximate surface area is 170 Å². The summed E-state index contributed by atoms with van der Waals surface area (Å²) in [6.07, 6.45) is 0. The molecule has 0 saturated carbocycles. The average molecular weight is 424 g/mol. The first-order valence-electron chi connectivity index (χ1n) is 8.70. The van der Waals surface area contributed by atoms with Crippen LogP contribution >= 0.6 is 23.4 Å². The number of halogens is 1. The summed E-state index contributed by atoms with van der Waals surface area (Å²) in [5.41, 5.74) is 0.457. The van der Waals surface area contributed by atoms with E-state index in [1.807, 2.05) is 0 Å². The molecule has 8 nitrogen and oxygen atoms in total. The summed E-state index contributed by atoms with van der Waals surface area (Å²) in [5.74, 6) is -2.35. The van der Waals surface area contributed by atoms with Gasteiger partial charge in [0.15, 0.2) is 0 Å². The number of carbonyl (C=O) groups excluding carboxylic acids is 3. The molecule has 2 N–H and O–H groups in total. The maximum atomic E-state index is 13.1. The number of benzene rings is 1. The van der Waals surface area contributed by atoms with E-state index in [4.69, 9.17) is 11.6 Å². The van der Waals surface area contributed by atoms with Gasteiger partial charge in [-0.3, -0.25) is 14.4 Å². The summed E-state index contributed by atoms with van der Waals surface area (Å²) < 4.78 is -0.704. The van der Waals surface area contributed by atoms with E-state index in [1.165, 1.54) is 21.6 Å². The van der Waals surface area contributed by atoms with Gasteiger partial charge < -0.3 is 20.2 Å². The molecule has 28 heavy (non-hydrogen) atoms. The Morgan fingerprint density at radius 2 is 1.93 bits per heavy atom. The number of β-lactam (4-membered cyclic amide) rings is 1. The molecule has 0 aromatic heterocycles. The van der Waals surface area contributed by atoms with Crippen molar-refractivity contribution in [1.29, 1.82) is 0 Å². The van der Waals surface area contributed by atoms with E-state index in [0.717, 1.165) is 0 Å². The highest BCUT2D eigenvalue weighted by Crippen LogP contribution is 2.52. The smallest absolute Gasteiger partial charge is 0.327 e. The van der Waals surface area contributed by atoms with Gasteiger partial charge in [0.2, 0.25) is 11.8 Å². The van der Waals surface area contributed by atoms with Crippen molar-refractivity contribution in [3.8, 4) is 0 Å². The molecule has 4 rings (SSSR count). The van der Waals surface area contributed by atoms with E-state index in [0.29, 0.717) is 10.6 Å². The van der Waals surface area contributed by atoms with Gasteiger partial charge >= 0.3 is 5.97 Å². The zero-order valence-electron chi connectivity index (χ0n) is 15.1. The number of aliphatic carboxylic acids is 1. The third-order valence-corrected chi connectivity index (χ3v) is 7.25. The van der Waals surface area contributed by atoms with Crippen LogP contribution in [0.2, 0.25) is 5.02 Å². The van der Waals surface area contributed by atoms with Crippen LogP contribution in [-0.4, -0.2) is 67.3 Å². The minimum Gasteiger partial charge on any atom is -0.480 e. The van der Waals surface area contributed by atoms with Gasteiger partial charge in [-0.2, -0.15) is 0 Å². The van der Waals surface area contributed by atoms with Crippen molar-refractivity contribution in [3.05, 3.63) is 34.9 Å². The summed E-state index contributed by atoms with van der Waals surface area (Å²) in [7, 11) is 0. The lowest BCUT2D eigenvalue weighted by molar-refractivity contribution is -0.171. The quantitative estimate of drug-likeness (QED) is 0.698. The van der Waals surface area contributed by atoms with Crippen molar-refractivity contribution in [2.24, 2.45) is 0 Å². The number of carboxylic acids is 1. The maximum Gasteiger partial charge on any atom is 0.327 e. The number of hydrogen-bond acceptors (Lipinski definition) is 5. The van der Waals surface area contributed by atoms with Crippen LogP contribution in [0.3, 0.4) is 0 Å². The predicted molar refractivity (Wildman–Crippen MR) is 102 cm³/mol. The van der Waals surface area contributed by atoms with Crippen molar-refractivity contribution in [2.75, 3.05) is 6.54 Å². The molecule has 148 valence electrons. The molecule has 3 heterocycles. The first-order chi connectivity index (χ1) is 13.1. The molecule has 3 saturated heterocycles. The molecule has 3 aliphatic rings. The lowest BCUT2D eigenvalue weighted by Crippen LogP contribution is -2.73. The third-order valence-electron chi connectivity index (χ3n) is 5.35. The summed E-state index contributed by atoms with van der Waals surface area (Å²) in [5, 5.41) is 12.0. The molecule has 1 aromatic carbocycles. The predicted octanol–water partition coefficient (Wildman–Crippen LogP) is 0.855. The topological polar surface area (TPSA) is 107 Å². The summed E-state index contributed by atoms with van der Waals surface area (Å²) in [4.78, 5) is 52.4. The average Bonchev–Trinajstić information content (AvgIpc) is 2.86. The highest BCUT2D eigenvalue weighted by Gasteiger charge is 2.66. The van der Waals surface area contributed by atoms with Crippen molar-refractivity contribution in [3.63, 3.8) is 0 Å². The highest BCUT2D eigenvalue weighted by atomic mass is 35.5. The molecule has 4 atom stereocenters. The van der Waals surface area contributed by atoms with Crippen LogP contribution in [0, 0.1) is 0 Å². The Morgan fingerprint density at radius 1 is 1.25 bits per heavy atom. The van der Waals surface area contributed by atoms with Gasteiger partial charge in [0.1, 0.15) is 30.0 Å². The number of nitrogens with zero attached hydrogens (tertiary/aromatic N) is 2. The Balaban J connectivity index is 1.64. The van der Waals surface area contributed by atoms with Crippen LogP contribution in [0.25, 0.3) is 0 Å². The number of nitrogens with one attached hydrogen (secondary N) is 1. The van der Waals surface area contributed by atoms with Gasteiger partial charge in [0.05, 0.1) is 0 Å². The SMILES string of the molecule is CC1(C)S[C@@H]2[C@H](N3CC(=O)NC(c4ccccc4Cl)C3=O)C(=O)N2[C@H]1C(=O)O. The van der Waals surface area contributed by atoms with E-state index >= 15 is 0 Å². The Kier molecular flexibility index (Phi) is 4.35.